The number of piperazine rings is 1. The minimum atomic E-state index is -1.19. The summed E-state index contributed by atoms with van der Waals surface area (Å²) in [5.41, 5.74) is 5.73. The molecule has 2 aromatic carbocycles. The van der Waals surface area contributed by atoms with E-state index in [4.69, 9.17) is 23.2 Å². The second-order valence-electron chi connectivity index (χ2n) is 8.98. The molecule has 0 radical (unpaired) electrons. The lowest BCUT2D eigenvalue weighted by Crippen LogP contribution is -2.64. The van der Waals surface area contributed by atoms with Gasteiger partial charge < -0.3 is 21.8 Å². The molecule has 34 heavy (non-hydrogen) atoms. The molecular weight excluding hydrogens is 461 g/mol. The van der Waals surface area contributed by atoms with E-state index in [1.54, 1.807) is 23.1 Å². The van der Waals surface area contributed by atoms with Crippen molar-refractivity contribution in [2.45, 2.75) is 31.8 Å². The summed E-state index contributed by atoms with van der Waals surface area (Å²) in [7, 11) is 0. The van der Waals surface area contributed by atoms with Crippen LogP contribution in [0, 0.1) is 5.82 Å². The lowest BCUT2D eigenvalue weighted by atomic mass is 9.89. The molecule has 2 amide bonds. The van der Waals surface area contributed by atoms with Gasteiger partial charge in [0.2, 0.25) is 0 Å². The molecule has 8 nitrogen and oxygen atoms in total. The zero-order valence-electron chi connectivity index (χ0n) is 18.8. The highest BCUT2D eigenvalue weighted by molar-refractivity contribution is 6.46. The maximum Gasteiger partial charge on any atom is 0.289 e. The van der Waals surface area contributed by atoms with Crippen LogP contribution in [0.5, 0.6) is 0 Å². The van der Waals surface area contributed by atoms with Crippen molar-refractivity contribution in [2.75, 3.05) is 18.9 Å². The summed E-state index contributed by atoms with van der Waals surface area (Å²) in [6, 6.07) is 10.6. The Labute approximate surface area is 200 Å². The number of ketones is 1. The van der Waals surface area contributed by atoms with Crippen LogP contribution in [0.15, 0.2) is 42.5 Å². The van der Waals surface area contributed by atoms with Gasteiger partial charge in [0.05, 0.1) is 11.1 Å². The number of Topliss-reactive ketones (excluding diaryl/α,β-unsaturated/α-hetero) is 1. The number of halogens is 2. The van der Waals surface area contributed by atoms with Crippen molar-refractivity contribution in [3.05, 3.63) is 70.1 Å². The summed E-state index contributed by atoms with van der Waals surface area (Å²) in [5.74, 6) is 3.25. The number of hydrogen-bond acceptors (Lipinski definition) is 5. The van der Waals surface area contributed by atoms with Crippen LogP contribution in [0.2, 0.25) is 5.02 Å². The SMILES string of the molecule is C[C@@H]1CN[C@@](C)(Cc2ccc(F)cc2)CN1C(=O)c1c(C(=O)C(N)=O)c2ccc(Cl)cc2n1N. The molecule has 2 heterocycles. The van der Waals surface area contributed by atoms with Crippen LogP contribution in [-0.2, 0) is 11.2 Å². The van der Waals surface area contributed by atoms with E-state index in [9.17, 15) is 18.8 Å². The summed E-state index contributed by atoms with van der Waals surface area (Å²) >= 11 is 6.10. The molecular formula is C24H25ClFN5O3. The number of carbonyl (C=O) groups is 3. The van der Waals surface area contributed by atoms with Crippen molar-refractivity contribution >= 4 is 40.1 Å². The number of carbonyl (C=O) groups excluding carboxylic acids is 3. The number of nitrogens with two attached hydrogens (primary N) is 2. The molecule has 3 aromatic rings. The number of primary amides is 1. The first-order valence-corrected chi connectivity index (χ1v) is 11.1. The molecule has 1 aliphatic rings. The Bertz CT molecular complexity index is 1310. The average Bonchev–Trinajstić information content (AvgIpc) is 3.07. The van der Waals surface area contributed by atoms with E-state index in [0.29, 0.717) is 28.9 Å². The summed E-state index contributed by atoms with van der Waals surface area (Å²) in [6.45, 7) is 4.62. The summed E-state index contributed by atoms with van der Waals surface area (Å²) in [6.07, 6.45) is 0.540. The van der Waals surface area contributed by atoms with Crippen LogP contribution in [-0.4, -0.2) is 51.8 Å². The van der Waals surface area contributed by atoms with Crippen molar-refractivity contribution in [2.24, 2.45) is 5.73 Å². The Morgan fingerprint density at radius 2 is 1.88 bits per heavy atom. The molecule has 4 rings (SSSR count). The minimum Gasteiger partial charge on any atom is -0.363 e. The molecule has 1 aliphatic heterocycles. The lowest BCUT2D eigenvalue weighted by Gasteiger charge is -2.45. The van der Waals surface area contributed by atoms with Gasteiger partial charge in [-0.2, -0.15) is 0 Å². The number of hydrogen-bond donors (Lipinski definition) is 3. The lowest BCUT2D eigenvalue weighted by molar-refractivity contribution is -0.114. The van der Waals surface area contributed by atoms with Gasteiger partial charge in [0.1, 0.15) is 11.5 Å². The number of aromatic nitrogens is 1. The van der Waals surface area contributed by atoms with E-state index in [2.05, 4.69) is 5.32 Å². The quantitative estimate of drug-likeness (QED) is 0.290. The van der Waals surface area contributed by atoms with Gasteiger partial charge in [-0.1, -0.05) is 29.8 Å². The molecule has 0 unspecified atom stereocenters. The second kappa shape index (κ2) is 8.73. The van der Waals surface area contributed by atoms with E-state index in [0.717, 1.165) is 10.2 Å². The Morgan fingerprint density at radius 3 is 2.53 bits per heavy atom. The highest BCUT2D eigenvalue weighted by atomic mass is 35.5. The van der Waals surface area contributed by atoms with E-state index >= 15 is 0 Å². The molecule has 5 N–H and O–H groups in total. The Morgan fingerprint density at radius 1 is 1.21 bits per heavy atom. The van der Waals surface area contributed by atoms with E-state index in [-0.39, 0.29) is 29.7 Å². The number of benzene rings is 2. The topological polar surface area (TPSA) is 123 Å². The van der Waals surface area contributed by atoms with Crippen molar-refractivity contribution in [1.29, 1.82) is 0 Å². The number of amides is 2. The van der Waals surface area contributed by atoms with Crippen LogP contribution >= 0.6 is 11.6 Å². The monoisotopic (exact) mass is 485 g/mol. The number of fused-ring (bicyclic) bond motifs is 1. The van der Waals surface area contributed by atoms with Crippen LogP contribution < -0.4 is 16.9 Å². The van der Waals surface area contributed by atoms with Gasteiger partial charge in [-0.3, -0.25) is 19.1 Å². The maximum absolute atomic E-state index is 13.8. The molecule has 0 saturated carbocycles. The van der Waals surface area contributed by atoms with E-state index in [1.807, 2.05) is 13.8 Å². The van der Waals surface area contributed by atoms with Crippen molar-refractivity contribution in [3.8, 4) is 0 Å². The highest BCUT2D eigenvalue weighted by Gasteiger charge is 2.40. The van der Waals surface area contributed by atoms with Crippen LogP contribution in [0.3, 0.4) is 0 Å². The van der Waals surface area contributed by atoms with Gasteiger partial charge in [0.15, 0.2) is 0 Å². The van der Waals surface area contributed by atoms with Gasteiger partial charge in [0, 0.05) is 35.1 Å². The minimum absolute atomic E-state index is 0.126. The molecule has 1 aromatic heterocycles. The van der Waals surface area contributed by atoms with Gasteiger partial charge >= 0.3 is 0 Å². The third-order valence-electron chi connectivity index (χ3n) is 6.26. The maximum atomic E-state index is 13.8. The third kappa shape index (κ3) is 4.24. The van der Waals surface area contributed by atoms with Crippen LogP contribution in [0.1, 0.15) is 40.3 Å². The predicted octanol–water partition coefficient (Wildman–Crippen LogP) is 2.25. The molecule has 1 fully saturated rings. The normalized spacial score (nSPS) is 20.5. The zero-order chi connectivity index (χ0) is 24.8. The molecule has 2 atom stereocenters. The standard InChI is InChI=1S/C24H25ClFN5O3/c1-13-11-29-24(2,10-14-3-6-16(26)7-4-14)12-30(13)23(34)20-19(21(32)22(27)33)17-8-5-15(25)9-18(17)31(20)28/h3-9,13,29H,10-12,28H2,1-2H3,(H2,27,33)/t13-,24+/m1/s1. The molecule has 0 aliphatic carbocycles. The van der Waals surface area contributed by atoms with Crippen molar-refractivity contribution in [1.82, 2.24) is 14.9 Å². The molecule has 178 valence electrons. The first-order valence-electron chi connectivity index (χ1n) is 10.7. The van der Waals surface area contributed by atoms with Gasteiger partial charge in [-0.15, -0.1) is 0 Å². The Hall–Kier alpha value is -3.43. The van der Waals surface area contributed by atoms with Crippen LogP contribution in [0.4, 0.5) is 4.39 Å². The van der Waals surface area contributed by atoms with Crippen molar-refractivity contribution < 1.29 is 18.8 Å². The number of nitrogens with one attached hydrogen (secondary N) is 1. The zero-order valence-corrected chi connectivity index (χ0v) is 19.5. The van der Waals surface area contributed by atoms with E-state index < -0.39 is 23.1 Å². The summed E-state index contributed by atoms with van der Waals surface area (Å²) < 4.78 is 14.4. The highest BCUT2D eigenvalue weighted by Crippen LogP contribution is 2.30. The molecule has 0 bridgehead atoms. The largest absolute Gasteiger partial charge is 0.363 e. The van der Waals surface area contributed by atoms with Gasteiger partial charge in [-0.25, -0.2) is 4.39 Å². The van der Waals surface area contributed by atoms with Gasteiger partial charge in [-0.05, 0) is 50.1 Å². The molecule has 10 heteroatoms. The fourth-order valence-electron chi connectivity index (χ4n) is 4.52. The van der Waals surface area contributed by atoms with E-state index in [1.165, 1.54) is 24.3 Å². The second-order valence-corrected chi connectivity index (χ2v) is 9.41. The molecule has 0 spiro atoms. The first kappa shape index (κ1) is 23.7. The first-order chi connectivity index (χ1) is 16.0. The predicted molar refractivity (Wildman–Crippen MR) is 128 cm³/mol. The number of nitrogen functional groups attached to an aromatic ring is 1. The number of rotatable bonds is 5. The third-order valence-corrected chi connectivity index (χ3v) is 6.50. The van der Waals surface area contributed by atoms with Crippen LogP contribution in [0.25, 0.3) is 10.9 Å². The number of nitrogens with zero attached hydrogens (tertiary/aromatic N) is 2. The summed E-state index contributed by atoms with van der Waals surface area (Å²) in [4.78, 5) is 40.0. The fraction of sp³-hybridized carbons (Fsp3) is 0.292. The average molecular weight is 486 g/mol. The Kier molecular flexibility index (Phi) is 6.09. The molecule has 1 saturated heterocycles. The smallest absolute Gasteiger partial charge is 0.289 e. The summed E-state index contributed by atoms with van der Waals surface area (Å²) in [5, 5.41) is 4.14. The van der Waals surface area contributed by atoms with Crippen molar-refractivity contribution in [3.63, 3.8) is 0 Å². The Balaban J connectivity index is 1.75. The van der Waals surface area contributed by atoms with Gasteiger partial charge in [0.25, 0.3) is 17.6 Å². The fourth-order valence-corrected chi connectivity index (χ4v) is 4.68.